The highest BCUT2D eigenvalue weighted by molar-refractivity contribution is 5.83. The van der Waals surface area contributed by atoms with Gasteiger partial charge < -0.3 is 20.1 Å². The van der Waals surface area contributed by atoms with Gasteiger partial charge in [0.15, 0.2) is 0 Å². The number of amides is 2. The van der Waals surface area contributed by atoms with Crippen molar-refractivity contribution in [1.29, 1.82) is 0 Å². The molecule has 0 saturated heterocycles. The number of hydrogen-bond acceptors (Lipinski definition) is 4. The Morgan fingerprint density at radius 3 is 2.46 bits per heavy atom. The van der Waals surface area contributed by atoms with Crippen LogP contribution in [-0.4, -0.2) is 52.7 Å². The highest BCUT2D eigenvalue weighted by atomic mass is 16.6. The largest absolute Gasteiger partial charge is 0.481 e. The number of allylic oxidation sites excluding steroid dienone is 1. The van der Waals surface area contributed by atoms with Crippen LogP contribution in [0.5, 0.6) is 0 Å². The predicted octanol–water partition coefficient (Wildman–Crippen LogP) is 2.95. The molecule has 0 aromatic rings. The van der Waals surface area contributed by atoms with Gasteiger partial charge in [0.1, 0.15) is 5.60 Å². The predicted molar refractivity (Wildman–Crippen MR) is 98.7 cm³/mol. The van der Waals surface area contributed by atoms with Crippen LogP contribution in [0.15, 0.2) is 12.7 Å². The zero-order chi connectivity index (χ0) is 19.9. The summed E-state index contributed by atoms with van der Waals surface area (Å²) in [6.07, 6.45) is 4.59. The maximum absolute atomic E-state index is 12.8. The van der Waals surface area contributed by atoms with E-state index in [1.54, 1.807) is 38.8 Å². The van der Waals surface area contributed by atoms with E-state index in [4.69, 9.17) is 9.84 Å². The van der Waals surface area contributed by atoms with E-state index in [0.29, 0.717) is 6.42 Å². The molecule has 2 amide bonds. The number of likely N-dealkylation sites (N-methyl/N-ethyl adjacent to an activating group) is 1. The van der Waals surface area contributed by atoms with Crippen LogP contribution in [0.1, 0.15) is 59.3 Å². The lowest BCUT2D eigenvalue weighted by atomic mass is 9.88. The fourth-order valence-corrected chi connectivity index (χ4v) is 3.34. The van der Waals surface area contributed by atoms with Gasteiger partial charge in [0.05, 0.1) is 24.4 Å². The third-order valence-corrected chi connectivity index (χ3v) is 4.50. The lowest BCUT2D eigenvalue weighted by Crippen LogP contribution is -2.55. The minimum absolute atomic E-state index is 0.176. The average Bonchev–Trinajstić information content (AvgIpc) is 2.51. The summed E-state index contributed by atoms with van der Waals surface area (Å²) >= 11 is 0. The molecular weight excluding hydrogens is 336 g/mol. The van der Waals surface area contributed by atoms with Crippen LogP contribution in [0.25, 0.3) is 0 Å². The first-order valence-corrected chi connectivity index (χ1v) is 9.14. The van der Waals surface area contributed by atoms with E-state index in [1.807, 2.05) is 0 Å². The minimum Gasteiger partial charge on any atom is -0.481 e. The summed E-state index contributed by atoms with van der Waals surface area (Å²) in [4.78, 5) is 37.6. The third kappa shape index (κ3) is 7.06. The number of ether oxygens (including phenoxy) is 1. The van der Waals surface area contributed by atoms with E-state index in [0.717, 1.165) is 25.7 Å². The first-order valence-electron chi connectivity index (χ1n) is 9.14. The quantitative estimate of drug-likeness (QED) is 0.674. The SMILES string of the molecule is C=CC[C@H](CC(=O)O)C(=O)N(C)[C@H]1CCCC[C@@H]1NC(=O)OC(C)(C)C. The Morgan fingerprint density at radius 2 is 1.92 bits per heavy atom. The summed E-state index contributed by atoms with van der Waals surface area (Å²) in [6.45, 7) is 9.01. The van der Waals surface area contributed by atoms with Gasteiger partial charge >= 0.3 is 12.1 Å². The second kappa shape index (κ2) is 9.59. The first kappa shape index (κ1) is 22.0. The summed E-state index contributed by atoms with van der Waals surface area (Å²) < 4.78 is 5.32. The molecule has 0 radical (unpaired) electrons. The molecule has 0 bridgehead atoms. The fraction of sp³-hybridized carbons (Fsp3) is 0.737. The maximum Gasteiger partial charge on any atom is 0.407 e. The molecule has 1 aliphatic carbocycles. The van der Waals surface area contributed by atoms with Gasteiger partial charge in [-0.25, -0.2) is 4.79 Å². The lowest BCUT2D eigenvalue weighted by Gasteiger charge is -2.39. The molecule has 1 rings (SSSR count). The average molecular weight is 368 g/mol. The summed E-state index contributed by atoms with van der Waals surface area (Å²) in [7, 11) is 1.68. The van der Waals surface area contributed by atoms with E-state index in [1.165, 1.54) is 0 Å². The molecule has 0 spiro atoms. The van der Waals surface area contributed by atoms with Crippen LogP contribution < -0.4 is 5.32 Å². The Labute approximate surface area is 155 Å². The van der Waals surface area contributed by atoms with E-state index >= 15 is 0 Å². The minimum atomic E-state index is -1.01. The number of nitrogens with one attached hydrogen (secondary N) is 1. The Morgan fingerprint density at radius 1 is 1.31 bits per heavy atom. The fourth-order valence-electron chi connectivity index (χ4n) is 3.34. The molecule has 1 fully saturated rings. The zero-order valence-corrected chi connectivity index (χ0v) is 16.3. The van der Waals surface area contributed by atoms with Crippen molar-refractivity contribution in [2.75, 3.05) is 7.05 Å². The smallest absolute Gasteiger partial charge is 0.407 e. The number of nitrogens with zero attached hydrogens (tertiary/aromatic N) is 1. The van der Waals surface area contributed by atoms with E-state index in [9.17, 15) is 14.4 Å². The third-order valence-electron chi connectivity index (χ3n) is 4.50. The van der Waals surface area contributed by atoms with Crippen molar-refractivity contribution >= 4 is 18.0 Å². The first-order chi connectivity index (χ1) is 12.0. The Bertz CT molecular complexity index is 527. The molecule has 0 heterocycles. The van der Waals surface area contributed by atoms with Gasteiger partial charge in [-0.15, -0.1) is 6.58 Å². The molecule has 7 nitrogen and oxygen atoms in total. The van der Waals surface area contributed by atoms with Crippen molar-refractivity contribution < 1.29 is 24.2 Å². The van der Waals surface area contributed by atoms with Gasteiger partial charge in [0, 0.05) is 7.05 Å². The number of carbonyl (C=O) groups is 3. The second-order valence-corrected chi connectivity index (χ2v) is 7.87. The van der Waals surface area contributed by atoms with E-state index in [-0.39, 0.29) is 24.4 Å². The molecular formula is C19H32N2O5. The molecule has 2 N–H and O–H groups in total. The standard InChI is InChI=1S/C19H32N2O5/c1-6-9-13(12-16(22)23)17(24)21(5)15-11-8-7-10-14(15)20-18(25)26-19(2,3)4/h6,13-15H,1,7-12H2,2-5H3,(H,20,25)(H,22,23)/t13-,14+,15+/m1/s1. The van der Waals surface area contributed by atoms with E-state index in [2.05, 4.69) is 11.9 Å². The molecule has 0 aliphatic heterocycles. The number of carboxylic acids is 1. The van der Waals surface area contributed by atoms with Gasteiger partial charge in [-0.1, -0.05) is 18.9 Å². The molecule has 1 saturated carbocycles. The van der Waals surface area contributed by atoms with Crippen LogP contribution in [-0.2, 0) is 14.3 Å². The number of carboxylic acid groups (broad SMARTS) is 1. The van der Waals surface area contributed by atoms with Crippen LogP contribution in [0.2, 0.25) is 0 Å². The van der Waals surface area contributed by atoms with Crippen molar-refractivity contribution in [2.45, 2.75) is 77.0 Å². The maximum atomic E-state index is 12.8. The zero-order valence-electron chi connectivity index (χ0n) is 16.3. The molecule has 3 atom stereocenters. The highest BCUT2D eigenvalue weighted by Gasteiger charge is 2.35. The normalized spacial score (nSPS) is 21.4. The number of aliphatic carboxylic acids is 1. The number of alkyl carbamates (subject to hydrolysis) is 1. The Balaban J connectivity index is 2.83. The number of carbonyl (C=O) groups excluding carboxylic acids is 2. The van der Waals surface area contributed by atoms with Gasteiger partial charge in [0.25, 0.3) is 0 Å². The number of rotatable bonds is 7. The molecule has 26 heavy (non-hydrogen) atoms. The lowest BCUT2D eigenvalue weighted by molar-refractivity contribution is -0.145. The topological polar surface area (TPSA) is 95.9 Å². The monoisotopic (exact) mass is 368 g/mol. The van der Waals surface area contributed by atoms with E-state index < -0.39 is 23.6 Å². The van der Waals surface area contributed by atoms with Crippen molar-refractivity contribution in [3.63, 3.8) is 0 Å². The molecule has 0 unspecified atom stereocenters. The number of hydrogen-bond donors (Lipinski definition) is 2. The van der Waals surface area contributed by atoms with Gasteiger partial charge in [-0.3, -0.25) is 9.59 Å². The van der Waals surface area contributed by atoms with Gasteiger partial charge in [0.2, 0.25) is 5.91 Å². The highest BCUT2D eigenvalue weighted by Crippen LogP contribution is 2.25. The van der Waals surface area contributed by atoms with Crippen molar-refractivity contribution in [3.8, 4) is 0 Å². The molecule has 0 aromatic heterocycles. The Hall–Kier alpha value is -2.05. The van der Waals surface area contributed by atoms with Crippen molar-refractivity contribution in [1.82, 2.24) is 10.2 Å². The van der Waals surface area contributed by atoms with Crippen molar-refractivity contribution in [3.05, 3.63) is 12.7 Å². The van der Waals surface area contributed by atoms with Crippen molar-refractivity contribution in [2.24, 2.45) is 5.92 Å². The molecule has 7 heteroatoms. The molecule has 148 valence electrons. The molecule has 0 aromatic carbocycles. The van der Waals surface area contributed by atoms with Crippen LogP contribution in [0.3, 0.4) is 0 Å². The Kier molecular flexibility index (Phi) is 8.11. The van der Waals surface area contributed by atoms with Gasteiger partial charge in [-0.2, -0.15) is 0 Å². The van der Waals surface area contributed by atoms with Crippen LogP contribution in [0, 0.1) is 5.92 Å². The summed E-state index contributed by atoms with van der Waals surface area (Å²) in [5.74, 6) is -1.88. The summed E-state index contributed by atoms with van der Waals surface area (Å²) in [5.41, 5.74) is -0.591. The van der Waals surface area contributed by atoms with Gasteiger partial charge in [-0.05, 0) is 40.0 Å². The molecule has 1 aliphatic rings. The summed E-state index contributed by atoms with van der Waals surface area (Å²) in [5, 5.41) is 11.9. The van der Waals surface area contributed by atoms with Crippen LogP contribution in [0.4, 0.5) is 4.79 Å². The van der Waals surface area contributed by atoms with Crippen LogP contribution >= 0.6 is 0 Å². The second-order valence-electron chi connectivity index (χ2n) is 7.87. The summed E-state index contributed by atoms with van der Waals surface area (Å²) in [6, 6.07) is -0.383.